The molecule has 1 aliphatic rings. The van der Waals surface area contributed by atoms with Gasteiger partial charge in [0, 0.05) is 11.3 Å². The SMILES string of the molecule is [NH]C(=O)C1=CC=CCC1=S. The number of thiocarbonyl (C=S) groups is 1. The van der Waals surface area contributed by atoms with Gasteiger partial charge < -0.3 is 0 Å². The van der Waals surface area contributed by atoms with E-state index in [1.54, 1.807) is 12.2 Å². The normalized spacial score (nSPS) is 16.8. The molecule has 0 fully saturated rings. The minimum absolute atomic E-state index is 0.359. The molecule has 1 aliphatic carbocycles. The number of hydrogen-bond donors (Lipinski definition) is 0. The molecule has 1 radical (unpaired) electrons. The van der Waals surface area contributed by atoms with E-state index in [4.69, 9.17) is 18.0 Å². The van der Waals surface area contributed by atoms with Crippen LogP contribution in [0.3, 0.4) is 0 Å². The van der Waals surface area contributed by atoms with Gasteiger partial charge in [0.2, 0.25) is 0 Å². The molecule has 51 valence electrons. The van der Waals surface area contributed by atoms with Crippen molar-refractivity contribution in [2.75, 3.05) is 0 Å². The van der Waals surface area contributed by atoms with Gasteiger partial charge in [0.25, 0.3) is 5.91 Å². The van der Waals surface area contributed by atoms with Crippen LogP contribution in [-0.2, 0) is 4.79 Å². The zero-order valence-corrected chi connectivity index (χ0v) is 6.07. The van der Waals surface area contributed by atoms with Crippen molar-refractivity contribution in [1.82, 2.24) is 5.73 Å². The summed E-state index contributed by atoms with van der Waals surface area (Å²) in [5, 5.41) is 0. The van der Waals surface area contributed by atoms with Crippen LogP contribution >= 0.6 is 12.2 Å². The molecule has 1 N–H and O–H groups in total. The van der Waals surface area contributed by atoms with Gasteiger partial charge in [-0.1, -0.05) is 24.4 Å². The minimum Gasteiger partial charge on any atom is -0.267 e. The molecule has 0 saturated heterocycles. The molecule has 0 saturated carbocycles. The molecular formula is C7H6NOS. The Labute approximate surface area is 64.4 Å². The lowest BCUT2D eigenvalue weighted by atomic mass is 10.0. The third-order valence-corrected chi connectivity index (χ3v) is 1.63. The third-order valence-electron chi connectivity index (χ3n) is 1.25. The van der Waals surface area contributed by atoms with Gasteiger partial charge >= 0.3 is 0 Å². The third kappa shape index (κ3) is 1.30. The predicted molar refractivity (Wildman–Crippen MR) is 42.5 cm³/mol. The van der Waals surface area contributed by atoms with Crippen molar-refractivity contribution in [2.45, 2.75) is 6.42 Å². The molecule has 0 heterocycles. The summed E-state index contributed by atoms with van der Waals surface area (Å²) in [4.78, 5) is 11.1. The van der Waals surface area contributed by atoms with Crippen LogP contribution in [0, 0.1) is 0 Å². The lowest BCUT2D eigenvalue weighted by molar-refractivity contribution is -0.114. The number of nitrogens with one attached hydrogen (secondary N) is 1. The zero-order valence-electron chi connectivity index (χ0n) is 5.26. The molecule has 1 amide bonds. The monoisotopic (exact) mass is 152 g/mol. The Morgan fingerprint density at radius 1 is 1.70 bits per heavy atom. The molecule has 3 heteroatoms. The molecule has 0 bridgehead atoms. The standard InChI is InChI=1S/C7H6NOS/c8-7(9)5-3-1-2-4-6(5)10/h1-3,8H,4H2. The van der Waals surface area contributed by atoms with Crippen LogP contribution in [0.4, 0.5) is 0 Å². The van der Waals surface area contributed by atoms with Crippen LogP contribution in [0.5, 0.6) is 0 Å². The fraction of sp³-hybridized carbons (Fsp3) is 0.143. The van der Waals surface area contributed by atoms with E-state index in [2.05, 4.69) is 0 Å². The summed E-state index contributed by atoms with van der Waals surface area (Å²) in [6.45, 7) is 0. The number of carbonyl (C=O) groups is 1. The molecule has 0 aromatic carbocycles. The van der Waals surface area contributed by atoms with Gasteiger partial charge in [0.15, 0.2) is 0 Å². The van der Waals surface area contributed by atoms with Gasteiger partial charge in [0.05, 0.1) is 5.57 Å². The maximum Gasteiger partial charge on any atom is 0.270 e. The molecule has 0 aromatic rings. The fourth-order valence-corrected chi connectivity index (χ4v) is 1.00. The topological polar surface area (TPSA) is 40.9 Å². The van der Waals surface area contributed by atoms with Gasteiger partial charge in [-0.2, -0.15) is 0 Å². The first-order chi connectivity index (χ1) is 4.72. The Hall–Kier alpha value is -0.960. The maximum atomic E-state index is 10.5. The second-order valence-corrected chi connectivity index (χ2v) is 2.46. The van der Waals surface area contributed by atoms with E-state index in [0.29, 0.717) is 16.9 Å². The summed E-state index contributed by atoms with van der Waals surface area (Å²) in [5.41, 5.74) is 7.13. The van der Waals surface area contributed by atoms with Crippen molar-refractivity contribution in [3.8, 4) is 0 Å². The number of allylic oxidation sites excluding steroid dienone is 3. The first kappa shape index (κ1) is 7.15. The molecule has 0 aromatic heterocycles. The largest absolute Gasteiger partial charge is 0.270 e. The highest BCUT2D eigenvalue weighted by Gasteiger charge is 2.11. The van der Waals surface area contributed by atoms with Crippen molar-refractivity contribution < 1.29 is 4.79 Å². The highest BCUT2D eigenvalue weighted by molar-refractivity contribution is 7.81. The Morgan fingerprint density at radius 2 is 2.40 bits per heavy atom. The molecule has 1 rings (SSSR count). The van der Waals surface area contributed by atoms with Gasteiger partial charge in [-0.15, -0.1) is 0 Å². The Bertz CT molecular complexity index is 240. The zero-order chi connectivity index (χ0) is 7.56. The lowest BCUT2D eigenvalue weighted by Gasteiger charge is -2.04. The average molecular weight is 152 g/mol. The summed E-state index contributed by atoms with van der Waals surface area (Å²) in [5.74, 6) is -0.686. The average Bonchev–Trinajstić information content (AvgIpc) is 1.88. The molecule has 0 spiro atoms. The van der Waals surface area contributed by atoms with Gasteiger partial charge in [-0.05, 0) is 6.08 Å². The summed E-state index contributed by atoms with van der Waals surface area (Å²) in [7, 11) is 0. The van der Waals surface area contributed by atoms with E-state index in [-0.39, 0.29) is 0 Å². The number of amides is 1. The van der Waals surface area contributed by atoms with Gasteiger partial charge in [-0.25, -0.2) is 0 Å². The lowest BCUT2D eigenvalue weighted by Crippen LogP contribution is -2.12. The fourth-order valence-electron chi connectivity index (χ4n) is 0.745. The summed E-state index contributed by atoms with van der Waals surface area (Å²) >= 11 is 4.84. The molecule has 0 aliphatic heterocycles. The Kier molecular flexibility index (Phi) is 1.97. The molecular weight excluding hydrogens is 146 g/mol. The minimum atomic E-state index is -0.686. The second-order valence-electron chi connectivity index (χ2n) is 1.96. The quantitative estimate of drug-likeness (QED) is 0.527. The number of hydrogen-bond acceptors (Lipinski definition) is 2. The molecule has 0 atom stereocenters. The highest BCUT2D eigenvalue weighted by atomic mass is 32.1. The number of carbonyl (C=O) groups excluding carboxylic acids is 1. The summed E-state index contributed by atoms with van der Waals surface area (Å²) in [6, 6.07) is 0. The Morgan fingerprint density at radius 3 is 2.80 bits per heavy atom. The van der Waals surface area contributed by atoms with Gasteiger partial charge in [-0.3, -0.25) is 10.5 Å². The molecule has 10 heavy (non-hydrogen) atoms. The van der Waals surface area contributed by atoms with E-state index in [0.717, 1.165) is 0 Å². The van der Waals surface area contributed by atoms with E-state index in [9.17, 15) is 4.79 Å². The van der Waals surface area contributed by atoms with Crippen molar-refractivity contribution in [3.05, 3.63) is 23.8 Å². The second kappa shape index (κ2) is 2.75. The highest BCUT2D eigenvalue weighted by Crippen LogP contribution is 2.08. The number of rotatable bonds is 1. The van der Waals surface area contributed by atoms with Crippen LogP contribution in [0.1, 0.15) is 6.42 Å². The first-order valence-corrected chi connectivity index (χ1v) is 3.28. The molecule has 0 unspecified atom stereocenters. The first-order valence-electron chi connectivity index (χ1n) is 2.88. The van der Waals surface area contributed by atoms with Crippen LogP contribution in [0.25, 0.3) is 0 Å². The van der Waals surface area contributed by atoms with E-state index < -0.39 is 5.91 Å². The van der Waals surface area contributed by atoms with E-state index in [1.807, 2.05) is 6.08 Å². The van der Waals surface area contributed by atoms with Gasteiger partial charge in [0.1, 0.15) is 0 Å². The summed E-state index contributed by atoms with van der Waals surface area (Å²) < 4.78 is 0. The maximum absolute atomic E-state index is 10.5. The summed E-state index contributed by atoms with van der Waals surface area (Å²) in [6.07, 6.45) is 5.82. The van der Waals surface area contributed by atoms with Crippen molar-refractivity contribution >= 4 is 23.0 Å². The van der Waals surface area contributed by atoms with Crippen molar-refractivity contribution in [2.24, 2.45) is 0 Å². The Balaban J connectivity index is 2.91. The van der Waals surface area contributed by atoms with E-state index >= 15 is 0 Å². The van der Waals surface area contributed by atoms with Crippen LogP contribution in [-0.4, -0.2) is 10.8 Å². The van der Waals surface area contributed by atoms with Crippen LogP contribution < -0.4 is 5.73 Å². The van der Waals surface area contributed by atoms with E-state index in [1.165, 1.54) is 0 Å². The van der Waals surface area contributed by atoms with Crippen molar-refractivity contribution in [3.63, 3.8) is 0 Å². The van der Waals surface area contributed by atoms with Crippen molar-refractivity contribution in [1.29, 1.82) is 0 Å². The predicted octanol–water partition coefficient (Wildman–Crippen LogP) is 1.05. The smallest absolute Gasteiger partial charge is 0.267 e. The van der Waals surface area contributed by atoms with Crippen LogP contribution in [0.2, 0.25) is 0 Å². The molecule has 2 nitrogen and oxygen atoms in total. The van der Waals surface area contributed by atoms with Crippen LogP contribution in [0.15, 0.2) is 23.8 Å².